The van der Waals surface area contributed by atoms with Crippen molar-refractivity contribution in [1.82, 2.24) is 4.90 Å². The van der Waals surface area contributed by atoms with Gasteiger partial charge in [-0.1, -0.05) is 18.0 Å². The second-order valence-electron chi connectivity index (χ2n) is 5.19. The highest BCUT2D eigenvalue weighted by Gasteiger charge is 2.36. The zero-order valence-corrected chi connectivity index (χ0v) is 10.1. The minimum atomic E-state index is 0.0795. The fourth-order valence-corrected chi connectivity index (χ4v) is 3.40. The Hall–Kier alpha value is -0.770. The molecule has 2 fully saturated rings. The molecule has 3 N–H and O–H groups in total. The van der Waals surface area contributed by atoms with Crippen molar-refractivity contribution in [3.8, 4) is 0 Å². The third-order valence-electron chi connectivity index (χ3n) is 4.33. The molecule has 1 saturated carbocycles. The molecule has 0 amide bonds. The fourth-order valence-electron chi connectivity index (χ4n) is 3.40. The van der Waals surface area contributed by atoms with E-state index < -0.39 is 0 Å². The number of nitrogens with zero attached hydrogens (tertiary/aromatic N) is 2. The summed E-state index contributed by atoms with van der Waals surface area (Å²) < 4.78 is 0. The van der Waals surface area contributed by atoms with E-state index >= 15 is 0 Å². The van der Waals surface area contributed by atoms with Crippen LogP contribution in [0.5, 0.6) is 0 Å². The summed E-state index contributed by atoms with van der Waals surface area (Å²) >= 11 is 0. The number of hydrogen-bond acceptors (Lipinski definition) is 3. The van der Waals surface area contributed by atoms with Crippen LogP contribution in [-0.2, 0) is 0 Å². The molecule has 2 rings (SSSR count). The van der Waals surface area contributed by atoms with E-state index in [9.17, 15) is 0 Å². The van der Waals surface area contributed by atoms with Crippen molar-refractivity contribution in [3.63, 3.8) is 0 Å². The Labute approximate surface area is 97.5 Å². The van der Waals surface area contributed by atoms with Gasteiger partial charge in [-0.15, -0.1) is 0 Å². The van der Waals surface area contributed by atoms with Crippen LogP contribution in [0, 0.1) is 5.92 Å². The molecular formula is C12H23N3O. The second-order valence-corrected chi connectivity index (χ2v) is 5.19. The Morgan fingerprint density at radius 2 is 2.00 bits per heavy atom. The van der Waals surface area contributed by atoms with Gasteiger partial charge in [-0.3, -0.25) is 4.90 Å². The fraction of sp³-hybridized carbons (Fsp3) is 0.917. The molecule has 0 aromatic heterocycles. The number of amidine groups is 1. The first-order valence-electron chi connectivity index (χ1n) is 6.47. The highest BCUT2D eigenvalue weighted by molar-refractivity contribution is 5.84. The highest BCUT2D eigenvalue weighted by atomic mass is 16.4. The Morgan fingerprint density at radius 1 is 1.31 bits per heavy atom. The SMILES string of the molecule is CC(C(N)=NO)N1CCC[C@H]2CCCC[C@H]21. The van der Waals surface area contributed by atoms with Gasteiger partial charge in [0.05, 0.1) is 6.04 Å². The predicted octanol–water partition coefficient (Wildman–Crippen LogP) is 1.78. The molecule has 1 saturated heterocycles. The number of oxime groups is 1. The minimum absolute atomic E-state index is 0.0795. The van der Waals surface area contributed by atoms with Crippen molar-refractivity contribution < 1.29 is 5.21 Å². The van der Waals surface area contributed by atoms with Crippen LogP contribution < -0.4 is 5.73 Å². The van der Waals surface area contributed by atoms with Crippen LogP contribution in [-0.4, -0.2) is 34.6 Å². The summed E-state index contributed by atoms with van der Waals surface area (Å²) in [5.41, 5.74) is 5.73. The molecule has 92 valence electrons. The molecule has 4 nitrogen and oxygen atoms in total. The summed E-state index contributed by atoms with van der Waals surface area (Å²) in [6.07, 6.45) is 7.99. The number of rotatable bonds is 2. The summed E-state index contributed by atoms with van der Waals surface area (Å²) in [4.78, 5) is 2.45. The van der Waals surface area contributed by atoms with Gasteiger partial charge in [-0.25, -0.2) is 0 Å². The van der Waals surface area contributed by atoms with Crippen molar-refractivity contribution >= 4 is 5.84 Å². The average molecular weight is 225 g/mol. The lowest BCUT2D eigenvalue weighted by atomic mass is 9.78. The second kappa shape index (κ2) is 5.04. The minimum Gasteiger partial charge on any atom is -0.409 e. The first kappa shape index (κ1) is 11.7. The van der Waals surface area contributed by atoms with Gasteiger partial charge in [0.2, 0.25) is 0 Å². The van der Waals surface area contributed by atoms with Crippen LogP contribution in [0.3, 0.4) is 0 Å². The molecule has 1 aliphatic heterocycles. The molecule has 0 radical (unpaired) electrons. The maximum atomic E-state index is 8.77. The molecule has 1 heterocycles. The summed E-state index contributed by atoms with van der Waals surface area (Å²) in [5, 5.41) is 11.9. The van der Waals surface area contributed by atoms with Crippen molar-refractivity contribution in [1.29, 1.82) is 0 Å². The van der Waals surface area contributed by atoms with Crippen LogP contribution in [0.15, 0.2) is 5.16 Å². The summed E-state index contributed by atoms with van der Waals surface area (Å²) in [7, 11) is 0. The molecular weight excluding hydrogens is 202 g/mol. The van der Waals surface area contributed by atoms with E-state index in [4.69, 9.17) is 10.9 Å². The Balaban J connectivity index is 2.07. The molecule has 4 heteroatoms. The molecule has 1 aliphatic carbocycles. The number of fused-ring (bicyclic) bond motifs is 1. The van der Waals surface area contributed by atoms with Crippen LogP contribution >= 0.6 is 0 Å². The molecule has 0 bridgehead atoms. The van der Waals surface area contributed by atoms with E-state index in [2.05, 4.69) is 10.1 Å². The smallest absolute Gasteiger partial charge is 0.156 e. The van der Waals surface area contributed by atoms with E-state index in [0.29, 0.717) is 11.9 Å². The molecule has 2 aliphatic rings. The van der Waals surface area contributed by atoms with Gasteiger partial charge in [0, 0.05) is 6.04 Å². The first-order valence-corrected chi connectivity index (χ1v) is 6.47. The standard InChI is InChI=1S/C12H23N3O/c1-9(12(13)14-16)15-8-4-6-10-5-2-3-7-11(10)15/h9-11,16H,2-8H2,1H3,(H2,13,14)/t9?,10-,11-/m1/s1. The van der Waals surface area contributed by atoms with E-state index in [1.165, 1.54) is 38.5 Å². The topological polar surface area (TPSA) is 61.9 Å². The Morgan fingerprint density at radius 3 is 2.75 bits per heavy atom. The van der Waals surface area contributed by atoms with Gasteiger partial charge < -0.3 is 10.9 Å². The Kier molecular flexibility index (Phi) is 3.69. The van der Waals surface area contributed by atoms with Gasteiger partial charge in [0.25, 0.3) is 0 Å². The normalized spacial score (nSPS) is 34.4. The summed E-state index contributed by atoms with van der Waals surface area (Å²) in [5.74, 6) is 1.20. The number of piperidine rings is 1. The van der Waals surface area contributed by atoms with E-state index in [1.54, 1.807) is 0 Å². The monoisotopic (exact) mass is 225 g/mol. The largest absolute Gasteiger partial charge is 0.409 e. The summed E-state index contributed by atoms with van der Waals surface area (Å²) in [6.45, 7) is 3.14. The molecule has 16 heavy (non-hydrogen) atoms. The van der Waals surface area contributed by atoms with Crippen molar-refractivity contribution in [3.05, 3.63) is 0 Å². The maximum Gasteiger partial charge on any atom is 0.156 e. The number of hydrogen-bond donors (Lipinski definition) is 2. The molecule has 0 aromatic rings. The number of nitrogens with two attached hydrogens (primary N) is 1. The quantitative estimate of drug-likeness (QED) is 0.326. The molecule has 0 aromatic carbocycles. The number of likely N-dealkylation sites (tertiary alicyclic amines) is 1. The van der Waals surface area contributed by atoms with Gasteiger partial charge in [0.1, 0.15) is 0 Å². The molecule has 0 spiro atoms. The summed E-state index contributed by atoms with van der Waals surface area (Å²) in [6, 6.07) is 0.744. The maximum absolute atomic E-state index is 8.77. The van der Waals surface area contributed by atoms with Gasteiger partial charge in [-0.2, -0.15) is 0 Å². The van der Waals surface area contributed by atoms with Gasteiger partial charge >= 0.3 is 0 Å². The van der Waals surface area contributed by atoms with Crippen LogP contribution in [0.4, 0.5) is 0 Å². The molecule has 3 atom stereocenters. The zero-order valence-electron chi connectivity index (χ0n) is 10.1. The predicted molar refractivity (Wildman–Crippen MR) is 64.6 cm³/mol. The Bertz CT molecular complexity index is 265. The third kappa shape index (κ3) is 2.17. The van der Waals surface area contributed by atoms with Crippen molar-refractivity contribution in [2.24, 2.45) is 16.8 Å². The van der Waals surface area contributed by atoms with E-state index in [0.717, 1.165) is 12.5 Å². The van der Waals surface area contributed by atoms with Crippen LogP contribution in [0.1, 0.15) is 45.4 Å². The van der Waals surface area contributed by atoms with Crippen LogP contribution in [0.2, 0.25) is 0 Å². The molecule has 1 unspecified atom stereocenters. The van der Waals surface area contributed by atoms with Gasteiger partial charge in [0.15, 0.2) is 5.84 Å². The lowest BCUT2D eigenvalue weighted by molar-refractivity contribution is 0.0492. The zero-order chi connectivity index (χ0) is 11.5. The van der Waals surface area contributed by atoms with E-state index in [-0.39, 0.29) is 6.04 Å². The first-order chi connectivity index (χ1) is 7.74. The van der Waals surface area contributed by atoms with Crippen molar-refractivity contribution in [2.75, 3.05) is 6.54 Å². The van der Waals surface area contributed by atoms with Crippen LogP contribution in [0.25, 0.3) is 0 Å². The third-order valence-corrected chi connectivity index (χ3v) is 4.33. The van der Waals surface area contributed by atoms with E-state index in [1.807, 2.05) is 6.92 Å². The lowest BCUT2D eigenvalue weighted by Crippen LogP contribution is -2.54. The van der Waals surface area contributed by atoms with Crippen molar-refractivity contribution in [2.45, 2.75) is 57.5 Å². The lowest BCUT2D eigenvalue weighted by Gasteiger charge is -2.46. The highest BCUT2D eigenvalue weighted by Crippen LogP contribution is 2.36. The van der Waals surface area contributed by atoms with Gasteiger partial charge in [-0.05, 0) is 45.1 Å². The average Bonchev–Trinajstić information content (AvgIpc) is 2.36.